The summed E-state index contributed by atoms with van der Waals surface area (Å²) in [6.45, 7) is 0.946. The maximum absolute atomic E-state index is 11.5. The van der Waals surface area contributed by atoms with E-state index in [-0.39, 0.29) is 19.1 Å². The van der Waals surface area contributed by atoms with E-state index in [4.69, 9.17) is 10.2 Å². The molecule has 4 nitrogen and oxygen atoms in total. The maximum Gasteiger partial charge on any atom is 0.244 e. The summed E-state index contributed by atoms with van der Waals surface area (Å²) in [6.07, 6.45) is 3.06. The Morgan fingerprint density at radius 2 is 2.18 bits per heavy atom. The van der Waals surface area contributed by atoms with Crippen LogP contribution in [-0.2, 0) is 4.79 Å². The first-order chi connectivity index (χ1) is 7.99. The number of carbonyl (C=O) groups is 1. The van der Waals surface area contributed by atoms with Gasteiger partial charge in [-0.05, 0) is 41.1 Å². The third-order valence-electron chi connectivity index (χ3n) is 2.12. The summed E-state index contributed by atoms with van der Waals surface area (Å²) >= 11 is 4.84. The highest BCUT2D eigenvalue weighted by Crippen LogP contribution is 2.22. The largest absolute Gasteiger partial charge is 0.394 e. The van der Waals surface area contributed by atoms with E-state index in [9.17, 15) is 4.79 Å². The summed E-state index contributed by atoms with van der Waals surface area (Å²) in [7, 11) is 0. The SMILES string of the molecule is CC(CO)(CO)NC(=O)/C=C/c1ccc(Br)s1. The normalized spacial score (nSPS) is 12.0. The van der Waals surface area contributed by atoms with Gasteiger partial charge < -0.3 is 15.5 Å². The van der Waals surface area contributed by atoms with Crippen molar-refractivity contribution in [3.05, 3.63) is 26.9 Å². The van der Waals surface area contributed by atoms with E-state index in [1.807, 2.05) is 12.1 Å². The van der Waals surface area contributed by atoms with Gasteiger partial charge in [0.25, 0.3) is 0 Å². The van der Waals surface area contributed by atoms with Crippen molar-refractivity contribution in [2.75, 3.05) is 13.2 Å². The fraction of sp³-hybridized carbons (Fsp3) is 0.364. The molecule has 0 spiro atoms. The van der Waals surface area contributed by atoms with E-state index >= 15 is 0 Å². The number of thiophene rings is 1. The van der Waals surface area contributed by atoms with Gasteiger partial charge in [-0.25, -0.2) is 0 Å². The molecule has 0 aliphatic heterocycles. The van der Waals surface area contributed by atoms with Crippen molar-refractivity contribution in [3.8, 4) is 0 Å². The van der Waals surface area contributed by atoms with Gasteiger partial charge in [-0.1, -0.05) is 0 Å². The Kier molecular flexibility index (Phi) is 5.32. The quantitative estimate of drug-likeness (QED) is 0.718. The standard InChI is InChI=1S/C11H14BrNO3S/c1-11(6-14,7-15)13-10(16)5-3-8-2-4-9(12)17-8/h2-5,14-15H,6-7H2,1H3,(H,13,16)/b5-3+. The number of carbonyl (C=O) groups excluding carboxylic acids is 1. The zero-order chi connectivity index (χ0) is 12.9. The number of aliphatic hydroxyl groups is 2. The van der Waals surface area contributed by atoms with E-state index in [1.54, 1.807) is 13.0 Å². The van der Waals surface area contributed by atoms with Crippen molar-refractivity contribution in [1.82, 2.24) is 5.32 Å². The number of aliphatic hydroxyl groups excluding tert-OH is 2. The molecular formula is C11H14BrNO3S. The lowest BCUT2D eigenvalue weighted by Gasteiger charge is -2.25. The number of halogens is 1. The van der Waals surface area contributed by atoms with Crippen LogP contribution in [0.25, 0.3) is 6.08 Å². The van der Waals surface area contributed by atoms with Gasteiger partial charge >= 0.3 is 0 Å². The minimum atomic E-state index is -0.989. The minimum absolute atomic E-state index is 0.312. The van der Waals surface area contributed by atoms with Gasteiger partial charge in [-0.3, -0.25) is 4.79 Å². The van der Waals surface area contributed by atoms with E-state index in [0.29, 0.717) is 0 Å². The second kappa shape index (κ2) is 6.30. The summed E-state index contributed by atoms with van der Waals surface area (Å²) in [5, 5.41) is 20.6. The molecule has 0 aromatic carbocycles. The number of hydrogen-bond acceptors (Lipinski definition) is 4. The third kappa shape index (κ3) is 4.59. The second-order valence-electron chi connectivity index (χ2n) is 3.84. The van der Waals surface area contributed by atoms with Crippen molar-refractivity contribution in [2.45, 2.75) is 12.5 Å². The van der Waals surface area contributed by atoms with Crippen molar-refractivity contribution >= 4 is 39.2 Å². The first-order valence-corrected chi connectivity index (χ1v) is 6.57. The van der Waals surface area contributed by atoms with Gasteiger partial charge in [0.05, 0.1) is 22.5 Å². The van der Waals surface area contributed by atoms with Crippen LogP contribution in [-0.4, -0.2) is 34.9 Å². The van der Waals surface area contributed by atoms with Crippen LogP contribution in [0.15, 0.2) is 22.0 Å². The van der Waals surface area contributed by atoms with Crippen molar-refractivity contribution in [1.29, 1.82) is 0 Å². The fourth-order valence-corrected chi connectivity index (χ4v) is 2.37. The summed E-state index contributed by atoms with van der Waals surface area (Å²) in [5.74, 6) is -0.347. The Morgan fingerprint density at radius 1 is 1.53 bits per heavy atom. The summed E-state index contributed by atoms with van der Waals surface area (Å²) in [6, 6.07) is 3.78. The molecule has 0 aliphatic carbocycles. The van der Waals surface area contributed by atoms with E-state index < -0.39 is 5.54 Å². The lowest BCUT2D eigenvalue weighted by molar-refractivity contribution is -0.119. The maximum atomic E-state index is 11.5. The van der Waals surface area contributed by atoms with Gasteiger partial charge in [0.2, 0.25) is 5.91 Å². The Morgan fingerprint density at radius 3 is 2.65 bits per heavy atom. The molecule has 0 saturated carbocycles. The highest BCUT2D eigenvalue weighted by atomic mass is 79.9. The molecular weight excluding hydrogens is 306 g/mol. The summed E-state index contributed by atoms with van der Waals surface area (Å²) < 4.78 is 0.994. The number of rotatable bonds is 5. The Hall–Kier alpha value is -0.690. The van der Waals surface area contributed by atoms with Crippen LogP contribution in [0.5, 0.6) is 0 Å². The van der Waals surface area contributed by atoms with Crippen LogP contribution in [0.4, 0.5) is 0 Å². The molecule has 17 heavy (non-hydrogen) atoms. The first-order valence-electron chi connectivity index (χ1n) is 4.96. The van der Waals surface area contributed by atoms with Gasteiger partial charge in [0.15, 0.2) is 0 Å². The number of hydrogen-bond donors (Lipinski definition) is 3. The van der Waals surface area contributed by atoms with Gasteiger partial charge in [-0.2, -0.15) is 0 Å². The smallest absolute Gasteiger partial charge is 0.244 e. The van der Waals surface area contributed by atoms with Gasteiger partial charge in [0.1, 0.15) is 0 Å². The highest BCUT2D eigenvalue weighted by molar-refractivity contribution is 9.11. The van der Waals surface area contributed by atoms with Crippen LogP contribution >= 0.6 is 27.3 Å². The van der Waals surface area contributed by atoms with Gasteiger partial charge in [-0.15, -0.1) is 11.3 Å². The Labute approximate surface area is 112 Å². The molecule has 1 amide bonds. The molecule has 6 heteroatoms. The summed E-state index contributed by atoms with van der Waals surface area (Å²) in [5.41, 5.74) is -0.989. The predicted molar refractivity (Wildman–Crippen MR) is 71.8 cm³/mol. The molecule has 0 unspecified atom stereocenters. The third-order valence-corrected chi connectivity index (χ3v) is 3.70. The van der Waals surface area contributed by atoms with Crippen molar-refractivity contribution < 1.29 is 15.0 Å². The average molecular weight is 320 g/mol. The Balaban J connectivity index is 2.58. The number of nitrogens with one attached hydrogen (secondary N) is 1. The molecule has 0 bridgehead atoms. The van der Waals surface area contributed by atoms with E-state index in [0.717, 1.165) is 8.66 Å². The van der Waals surface area contributed by atoms with Crippen LogP contribution in [0.1, 0.15) is 11.8 Å². The van der Waals surface area contributed by atoms with Crippen molar-refractivity contribution in [2.24, 2.45) is 0 Å². The molecule has 94 valence electrons. The zero-order valence-electron chi connectivity index (χ0n) is 9.31. The summed E-state index contributed by atoms with van der Waals surface area (Å²) in [4.78, 5) is 12.5. The van der Waals surface area contributed by atoms with Gasteiger partial charge in [0, 0.05) is 11.0 Å². The lowest BCUT2D eigenvalue weighted by atomic mass is 10.1. The molecule has 0 radical (unpaired) electrons. The molecule has 3 N–H and O–H groups in total. The molecule has 0 atom stereocenters. The topological polar surface area (TPSA) is 69.6 Å². The second-order valence-corrected chi connectivity index (χ2v) is 6.34. The molecule has 0 saturated heterocycles. The molecule has 0 aliphatic rings. The Bertz CT molecular complexity index is 413. The van der Waals surface area contributed by atoms with Crippen LogP contribution in [0, 0.1) is 0 Å². The van der Waals surface area contributed by atoms with Crippen LogP contribution in [0.2, 0.25) is 0 Å². The van der Waals surface area contributed by atoms with E-state index in [1.165, 1.54) is 17.4 Å². The molecule has 1 aromatic heterocycles. The highest BCUT2D eigenvalue weighted by Gasteiger charge is 2.23. The zero-order valence-corrected chi connectivity index (χ0v) is 11.7. The molecule has 1 rings (SSSR count). The predicted octanol–water partition coefficient (Wildman–Crippen LogP) is 1.38. The minimum Gasteiger partial charge on any atom is -0.394 e. The monoisotopic (exact) mass is 319 g/mol. The average Bonchev–Trinajstić information content (AvgIpc) is 2.72. The van der Waals surface area contributed by atoms with Crippen molar-refractivity contribution in [3.63, 3.8) is 0 Å². The number of amides is 1. The molecule has 1 heterocycles. The molecule has 1 aromatic rings. The first kappa shape index (κ1) is 14.4. The van der Waals surface area contributed by atoms with E-state index in [2.05, 4.69) is 21.2 Å². The van der Waals surface area contributed by atoms with Crippen LogP contribution in [0.3, 0.4) is 0 Å². The molecule has 0 fully saturated rings. The lowest BCUT2D eigenvalue weighted by Crippen LogP contribution is -2.51. The fourth-order valence-electron chi connectivity index (χ4n) is 1.04. The van der Waals surface area contributed by atoms with Crippen LogP contribution < -0.4 is 5.32 Å².